The molecule has 0 unspecified atom stereocenters. The predicted molar refractivity (Wildman–Crippen MR) is 71.7 cm³/mol. The van der Waals surface area contributed by atoms with E-state index in [0.717, 1.165) is 11.3 Å². The second kappa shape index (κ2) is 4.77. The van der Waals surface area contributed by atoms with Crippen LogP contribution in [0.5, 0.6) is 0 Å². The lowest BCUT2D eigenvalue weighted by Gasteiger charge is -2.06. The Morgan fingerprint density at radius 1 is 1.21 bits per heavy atom. The number of hydrogen-bond acceptors (Lipinski definition) is 6. The first-order chi connectivity index (χ1) is 9.31. The molecule has 0 bridgehead atoms. The standard InChI is InChI=1S/C13H11N5O/c14-12-4-5-16-13(18-12)17-10-3-1-2-9(6-10)11-7-15-8-19-11/h1-8H,(H3,14,16,17,18). The molecule has 19 heavy (non-hydrogen) atoms. The third-order valence-corrected chi connectivity index (χ3v) is 2.51. The van der Waals surface area contributed by atoms with E-state index in [-0.39, 0.29) is 0 Å². The van der Waals surface area contributed by atoms with Gasteiger partial charge in [0.1, 0.15) is 5.82 Å². The molecule has 0 amide bonds. The monoisotopic (exact) mass is 253 g/mol. The summed E-state index contributed by atoms with van der Waals surface area (Å²) in [5, 5.41) is 3.08. The highest BCUT2D eigenvalue weighted by atomic mass is 16.3. The lowest BCUT2D eigenvalue weighted by atomic mass is 10.1. The number of anilines is 3. The molecule has 0 saturated heterocycles. The first-order valence-corrected chi connectivity index (χ1v) is 5.66. The van der Waals surface area contributed by atoms with Gasteiger partial charge in [0.05, 0.1) is 6.20 Å². The molecule has 6 heteroatoms. The molecule has 2 aromatic heterocycles. The van der Waals surface area contributed by atoms with Crippen molar-refractivity contribution in [2.24, 2.45) is 0 Å². The van der Waals surface area contributed by atoms with Gasteiger partial charge in [0.15, 0.2) is 12.2 Å². The summed E-state index contributed by atoms with van der Waals surface area (Å²) in [5.41, 5.74) is 7.37. The molecule has 2 heterocycles. The zero-order valence-electron chi connectivity index (χ0n) is 9.95. The van der Waals surface area contributed by atoms with E-state index in [1.54, 1.807) is 18.5 Å². The van der Waals surface area contributed by atoms with Crippen molar-refractivity contribution in [1.82, 2.24) is 15.0 Å². The fourth-order valence-corrected chi connectivity index (χ4v) is 1.67. The average molecular weight is 253 g/mol. The first kappa shape index (κ1) is 11.2. The van der Waals surface area contributed by atoms with Crippen LogP contribution in [-0.2, 0) is 0 Å². The van der Waals surface area contributed by atoms with E-state index < -0.39 is 0 Å². The van der Waals surface area contributed by atoms with E-state index in [4.69, 9.17) is 10.2 Å². The SMILES string of the molecule is Nc1ccnc(Nc2cccc(-c3cnco3)c2)n1. The Morgan fingerprint density at radius 2 is 2.16 bits per heavy atom. The molecule has 0 radical (unpaired) electrons. The van der Waals surface area contributed by atoms with Gasteiger partial charge in [-0.3, -0.25) is 0 Å². The van der Waals surface area contributed by atoms with Crippen molar-refractivity contribution in [3.05, 3.63) is 49.1 Å². The Labute approximate surface area is 109 Å². The molecule has 6 nitrogen and oxygen atoms in total. The van der Waals surface area contributed by atoms with Gasteiger partial charge < -0.3 is 15.5 Å². The lowest BCUT2D eigenvalue weighted by Crippen LogP contribution is -1.99. The third-order valence-electron chi connectivity index (χ3n) is 2.51. The van der Waals surface area contributed by atoms with Crippen molar-refractivity contribution in [2.75, 3.05) is 11.1 Å². The van der Waals surface area contributed by atoms with Crippen LogP contribution in [0.4, 0.5) is 17.5 Å². The molecule has 3 rings (SSSR count). The number of benzene rings is 1. The number of nitrogens with one attached hydrogen (secondary N) is 1. The number of nitrogen functional groups attached to an aromatic ring is 1. The Hall–Kier alpha value is -2.89. The van der Waals surface area contributed by atoms with Gasteiger partial charge in [-0.2, -0.15) is 4.98 Å². The summed E-state index contributed by atoms with van der Waals surface area (Å²) in [4.78, 5) is 12.1. The van der Waals surface area contributed by atoms with E-state index >= 15 is 0 Å². The van der Waals surface area contributed by atoms with Gasteiger partial charge in [-0.05, 0) is 18.2 Å². The average Bonchev–Trinajstić information content (AvgIpc) is 2.93. The quantitative estimate of drug-likeness (QED) is 0.745. The van der Waals surface area contributed by atoms with Crippen molar-refractivity contribution in [3.8, 4) is 11.3 Å². The van der Waals surface area contributed by atoms with E-state index in [0.29, 0.717) is 17.5 Å². The number of oxazole rings is 1. The maximum atomic E-state index is 5.60. The topological polar surface area (TPSA) is 89.9 Å². The molecule has 1 aromatic carbocycles. The zero-order chi connectivity index (χ0) is 13.1. The molecule has 0 atom stereocenters. The molecule has 0 aliphatic rings. The summed E-state index contributed by atoms with van der Waals surface area (Å²) in [5.74, 6) is 1.58. The summed E-state index contributed by atoms with van der Waals surface area (Å²) in [7, 11) is 0. The number of nitrogens with zero attached hydrogens (tertiary/aromatic N) is 3. The Morgan fingerprint density at radius 3 is 2.95 bits per heavy atom. The maximum Gasteiger partial charge on any atom is 0.229 e. The van der Waals surface area contributed by atoms with Gasteiger partial charge >= 0.3 is 0 Å². The van der Waals surface area contributed by atoms with Crippen molar-refractivity contribution in [1.29, 1.82) is 0 Å². The van der Waals surface area contributed by atoms with E-state index in [2.05, 4.69) is 20.3 Å². The second-order valence-corrected chi connectivity index (χ2v) is 3.88. The van der Waals surface area contributed by atoms with Gasteiger partial charge in [-0.25, -0.2) is 9.97 Å². The summed E-state index contributed by atoms with van der Waals surface area (Å²) in [6.45, 7) is 0. The lowest BCUT2D eigenvalue weighted by molar-refractivity contribution is 0.572. The molecule has 3 N–H and O–H groups in total. The zero-order valence-corrected chi connectivity index (χ0v) is 9.95. The van der Waals surface area contributed by atoms with E-state index in [1.165, 1.54) is 6.39 Å². The fourth-order valence-electron chi connectivity index (χ4n) is 1.67. The summed E-state index contributed by atoms with van der Waals surface area (Å²) in [6, 6.07) is 9.31. The van der Waals surface area contributed by atoms with Crippen LogP contribution >= 0.6 is 0 Å². The highest BCUT2D eigenvalue weighted by Gasteiger charge is 2.03. The summed E-state index contributed by atoms with van der Waals surface area (Å²) >= 11 is 0. The smallest absolute Gasteiger partial charge is 0.229 e. The van der Waals surface area contributed by atoms with Crippen molar-refractivity contribution < 1.29 is 4.42 Å². The van der Waals surface area contributed by atoms with Gasteiger partial charge in [-0.1, -0.05) is 12.1 Å². The first-order valence-electron chi connectivity index (χ1n) is 5.66. The van der Waals surface area contributed by atoms with Crippen LogP contribution in [0.2, 0.25) is 0 Å². The highest BCUT2D eigenvalue weighted by Crippen LogP contribution is 2.23. The van der Waals surface area contributed by atoms with Crippen LogP contribution in [0.1, 0.15) is 0 Å². The van der Waals surface area contributed by atoms with E-state index in [9.17, 15) is 0 Å². The molecule has 3 aromatic rings. The Kier molecular flexibility index (Phi) is 2.82. The summed E-state index contributed by atoms with van der Waals surface area (Å²) < 4.78 is 5.25. The number of hydrogen-bond donors (Lipinski definition) is 2. The molecule has 0 aliphatic carbocycles. The van der Waals surface area contributed by atoms with Gasteiger partial charge in [-0.15, -0.1) is 0 Å². The maximum absolute atomic E-state index is 5.60. The minimum Gasteiger partial charge on any atom is -0.444 e. The molecule has 0 aliphatic heterocycles. The number of rotatable bonds is 3. The molecule has 0 saturated carbocycles. The predicted octanol–water partition coefficient (Wildman–Crippen LogP) is 2.46. The van der Waals surface area contributed by atoms with Crippen LogP contribution in [0.15, 0.2) is 53.5 Å². The van der Waals surface area contributed by atoms with E-state index in [1.807, 2.05) is 24.3 Å². The molecular weight excluding hydrogens is 242 g/mol. The van der Waals surface area contributed by atoms with Crippen molar-refractivity contribution in [2.45, 2.75) is 0 Å². The molecule has 94 valence electrons. The Bertz CT molecular complexity index is 681. The second-order valence-electron chi connectivity index (χ2n) is 3.88. The van der Waals surface area contributed by atoms with Crippen LogP contribution < -0.4 is 11.1 Å². The van der Waals surface area contributed by atoms with Crippen LogP contribution in [0.25, 0.3) is 11.3 Å². The summed E-state index contributed by atoms with van der Waals surface area (Å²) in [6.07, 6.45) is 4.66. The molecular formula is C13H11N5O. The third kappa shape index (κ3) is 2.52. The highest BCUT2D eigenvalue weighted by molar-refractivity contribution is 5.65. The van der Waals surface area contributed by atoms with Gasteiger partial charge in [0, 0.05) is 17.4 Å². The minimum atomic E-state index is 0.420. The van der Waals surface area contributed by atoms with Crippen molar-refractivity contribution in [3.63, 3.8) is 0 Å². The Balaban J connectivity index is 1.88. The largest absolute Gasteiger partial charge is 0.444 e. The van der Waals surface area contributed by atoms with Crippen molar-refractivity contribution >= 4 is 17.5 Å². The minimum absolute atomic E-state index is 0.420. The molecule has 0 fully saturated rings. The van der Waals surface area contributed by atoms with Crippen LogP contribution in [-0.4, -0.2) is 15.0 Å². The van der Waals surface area contributed by atoms with Gasteiger partial charge in [0.25, 0.3) is 0 Å². The van der Waals surface area contributed by atoms with Crippen LogP contribution in [0, 0.1) is 0 Å². The fraction of sp³-hybridized carbons (Fsp3) is 0. The normalized spacial score (nSPS) is 10.3. The van der Waals surface area contributed by atoms with Crippen LogP contribution in [0.3, 0.4) is 0 Å². The van der Waals surface area contributed by atoms with Gasteiger partial charge in [0.2, 0.25) is 5.95 Å². The molecule has 0 spiro atoms. The number of aromatic nitrogens is 3. The number of nitrogens with two attached hydrogens (primary N) is 1.